The van der Waals surface area contributed by atoms with Crippen LogP contribution >= 0.6 is 0 Å². The van der Waals surface area contributed by atoms with E-state index in [0.717, 1.165) is 43.4 Å². The van der Waals surface area contributed by atoms with Gasteiger partial charge in [-0.05, 0) is 58.4 Å². The van der Waals surface area contributed by atoms with Crippen LogP contribution in [0.3, 0.4) is 0 Å². The van der Waals surface area contributed by atoms with Crippen molar-refractivity contribution in [2.24, 2.45) is 0 Å². The highest BCUT2D eigenvalue weighted by Crippen LogP contribution is 2.28. The van der Waals surface area contributed by atoms with Crippen molar-refractivity contribution in [3.05, 3.63) is 18.0 Å². The van der Waals surface area contributed by atoms with Crippen LogP contribution in [0.5, 0.6) is 5.88 Å². The standard InChI is InChI=1S/C18H28N6O/c1-22-10-4-3-5-15(22)13-23-11-8-14(9-12-23)18-20-19-16-6-7-17(25-2)21-24(16)18/h6-7,14-15H,3-5,8-13H2,1-2H3. The van der Waals surface area contributed by atoms with E-state index in [1.54, 1.807) is 7.11 Å². The van der Waals surface area contributed by atoms with Gasteiger partial charge in [-0.25, -0.2) is 0 Å². The number of hydrogen-bond donors (Lipinski definition) is 0. The van der Waals surface area contributed by atoms with Crippen molar-refractivity contribution in [1.29, 1.82) is 0 Å². The first kappa shape index (κ1) is 16.7. The fraction of sp³-hybridized carbons (Fsp3) is 0.722. The zero-order valence-corrected chi connectivity index (χ0v) is 15.3. The first-order valence-corrected chi connectivity index (χ1v) is 9.43. The number of fused-ring (bicyclic) bond motifs is 1. The SMILES string of the molecule is COc1ccc2nnc(C3CCN(CC4CCCCN4C)CC3)n2n1. The largest absolute Gasteiger partial charge is 0.480 e. The molecule has 4 rings (SSSR count). The topological polar surface area (TPSA) is 58.8 Å². The fourth-order valence-corrected chi connectivity index (χ4v) is 4.20. The molecule has 0 N–H and O–H groups in total. The lowest BCUT2D eigenvalue weighted by molar-refractivity contribution is 0.111. The summed E-state index contributed by atoms with van der Waals surface area (Å²) < 4.78 is 7.10. The first-order chi connectivity index (χ1) is 12.2. The minimum absolute atomic E-state index is 0.426. The molecule has 0 saturated carbocycles. The lowest BCUT2D eigenvalue weighted by Gasteiger charge is -2.38. The highest BCUT2D eigenvalue weighted by atomic mass is 16.5. The van der Waals surface area contributed by atoms with Crippen molar-refractivity contribution < 1.29 is 4.74 Å². The number of piperidine rings is 2. The Morgan fingerprint density at radius 3 is 2.68 bits per heavy atom. The molecule has 1 unspecified atom stereocenters. The van der Waals surface area contributed by atoms with Crippen LogP contribution in [0.2, 0.25) is 0 Å². The number of aromatic nitrogens is 4. The Morgan fingerprint density at radius 2 is 1.92 bits per heavy atom. The minimum Gasteiger partial charge on any atom is -0.480 e. The fourth-order valence-electron chi connectivity index (χ4n) is 4.20. The molecule has 2 fully saturated rings. The van der Waals surface area contributed by atoms with Gasteiger partial charge in [-0.2, -0.15) is 4.52 Å². The molecule has 2 aromatic rings. The maximum absolute atomic E-state index is 5.25. The summed E-state index contributed by atoms with van der Waals surface area (Å²) in [6, 6.07) is 4.47. The number of rotatable bonds is 4. The molecule has 2 aliphatic rings. The molecule has 0 aliphatic carbocycles. The van der Waals surface area contributed by atoms with Gasteiger partial charge in [0.15, 0.2) is 11.5 Å². The molecular weight excluding hydrogens is 316 g/mol. The summed E-state index contributed by atoms with van der Waals surface area (Å²) in [5.74, 6) is 2.00. The van der Waals surface area contributed by atoms with Crippen molar-refractivity contribution in [1.82, 2.24) is 29.6 Å². The summed E-state index contributed by atoms with van der Waals surface area (Å²) in [6.07, 6.45) is 6.32. The van der Waals surface area contributed by atoms with E-state index in [-0.39, 0.29) is 0 Å². The monoisotopic (exact) mass is 344 g/mol. The van der Waals surface area contributed by atoms with E-state index >= 15 is 0 Å². The van der Waals surface area contributed by atoms with Gasteiger partial charge in [-0.3, -0.25) is 0 Å². The van der Waals surface area contributed by atoms with Gasteiger partial charge in [0.1, 0.15) is 0 Å². The molecule has 0 amide bonds. The van der Waals surface area contributed by atoms with E-state index in [0.29, 0.717) is 11.8 Å². The normalized spacial score (nSPS) is 24.0. The van der Waals surface area contributed by atoms with Crippen molar-refractivity contribution >= 4 is 5.65 Å². The molecule has 0 aromatic carbocycles. The van der Waals surface area contributed by atoms with Crippen LogP contribution in [-0.2, 0) is 0 Å². The summed E-state index contributed by atoms with van der Waals surface area (Å²) >= 11 is 0. The molecule has 0 spiro atoms. The lowest BCUT2D eigenvalue weighted by Crippen LogP contribution is -2.46. The predicted molar refractivity (Wildman–Crippen MR) is 96.0 cm³/mol. The molecule has 7 heteroatoms. The molecule has 1 atom stereocenters. The number of likely N-dealkylation sites (tertiary alicyclic amines) is 2. The average molecular weight is 344 g/mol. The summed E-state index contributed by atoms with van der Waals surface area (Å²) in [5.41, 5.74) is 0.794. The zero-order chi connectivity index (χ0) is 17.2. The summed E-state index contributed by atoms with van der Waals surface area (Å²) in [7, 11) is 3.91. The van der Waals surface area contributed by atoms with Gasteiger partial charge in [0.25, 0.3) is 0 Å². The average Bonchev–Trinajstić information content (AvgIpc) is 3.07. The Labute approximate surface area is 149 Å². The predicted octanol–water partition coefficient (Wildman–Crippen LogP) is 1.80. The van der Waals surface area contributed by atoms with Crippen LogP contribution in [-0.4, -0.2) is 76.0 Å². The van der Waals surface area contributed by atoms with Crippen LogP contribution < -0.4 is 4.74 Å². The lowest BCUT2D eigenvalue weighted by atomic mass is 9.95. The number of ether oxygens (including phenoxy) is 1. The van der Waals surface area contributed by atoms with Crippen LogP contribution in [0.4, 0.5) is 0 Å². The van der Waals surface area contributed by atoms with Gasteiger partial charge in [-0.15, -0.1) is 15.3 Å². The van der Waals surface area contributed by atoms with Crippen LogP contribution in [0.1, 0.15) is 43.8 Å². The molecule has 25 heavy (non-hydrogen) atoms. The molecule has 2 saturated heterocycles. The molecule has 0 radical (unpaired) electrons. The van der Waals surface area contributed by atoms with Gasteiger partial charge < -0.3 is 14.5 Å². The third-order valence-electron chi connectivity index (χ3n) is 5.81. The summed E-state index contributed by atoms with van der Waals surface area (Å²) in [4.78, 5) is 5.16. The maximum atomic E-state index is 5.25. The molecular formula is C18H28N6O. The van der Waals surface area contributed by atoms with Crippen LogP contribution in [0.15, 0.2) is 12.1 Å². The number of likely N-dealkylation sites (N-methyl/N-ethyl adjacent to an activating group) is 1. The Balaban J connectivity index is 1.40. The molecule has 7 nitrogen and oxygen atoms in total. The van der Waals surface area contributed by atoms with Gasteiger partial charge in [0, 0.05) is 24.6 Å². The molecule has 4 heterocycles. The van der Waals surface area contributed by atoms with E-state index in [1.165, 1.54) is 32.4 Å². The third-order valence-corrected chi connectivity index (χ3v) is 5.81. The quantitative estimate of drug-likeness (QED) is 0.843. The number of methoxy groups -OCH3 is 1. The van der Waals surface area contributed by atoms with E-state index in [1.807, 2.05) is 16.6 Å². The Hall–Kier alpha value is -1.73. The second kappa shape index (κ2) is 7.25. The van der Waals surface area contributed by atoms with E-state index < -0.39 is 0 Å². The van der Waals surface area contributed by atoms with Crippen molar-refractivity contribution in [3.8, 4) is 5.88 Å². The van der Waals surface area contributed by atoms with Crippen LogP contribution in [0.25, 0.3) is 5.65 Å². The third kappa shape index (κ3) is 3.48. The van der Waals surface area contributed by atoms with Gasteiger partial charge in [-0.1, -0.05) is 6.42 Å². The number of nitrogens with zero attached hydrogens (tertiary/aromatic N) is 6. The highest BCUT2D eigenvalue weighted by Gasteiger charge is 2.28. The molecule has 136 valence electrons. The van der Waals surface area contributed by atoms with Crippen molar-refractivity contribution in [3.63, 3.8) is 0 Å². The van der Waals surface area contributed by atoms with Crippen molar-refractivity contribution in [2.45, 2.75) is 44.1 Å². The van der Waals surface area contributed by atoms with Crippen LogP contribution in [0, 0.1) is 0 Å². The molecule has 2 aliphatic heterocycles. The van der Waals surface area contributed by atoms with Gasteiger partial charge in [0.2, 0.25) is 5.88 Å². The minimum atomic E-state index is 0.426. The highest BCUT2D eigenvalue weighted by molar-refractivity contribution is 5.38. The van der Waals surface area contributed by atoms with Gasteiger partial charge in [0.05, 0.1) is 7.11 Å². The molecule has 2 aromatic heterocycles. The van der Waals surface area contributed by atoms with Gasteiger partial charge >= 0.3 is 0 Å². The Morgan fingerprint density at radius 1 is 1.08 bits per heavy atom. The zero-order valence-electron chi connectivity index (χ0n) is 15.3. The van der Waals surface area contributed by atoms with E-state index in [9.17, 15) is 0 Å². The van der Waals surface area contributed by atoms with E-state index in [4.69, 9.17) is 4.74 Å². The maximum Gasteiger partial charge on any atom is 0.231 e. The Kier molecular flexibility index (Phi) is 4.85. The number of hydrogen-bond acceptors (Lipinski definition) is 6. The second-order valence-corrected chi connectivity index (χ2v) is 7.41. The van der Waals surface area contributed by atoms with Crippen molar-refractivity contribution in [2.75, 3.05) is 40.3 Å². The van der Waals surface area contributed by atoms with E-state index in [2.05, 4.69) is 32.1 Å². The first-order valence-electron chi connectivity index (χ1n) is 9.43. The Bertz CT molecular complexity index is 709. The second-order valence-electron chi connectivity index (χ2n) is 7.41. The summed E-state index contributed by atoms with van der Waals surface area (Å²) in [5, 5.41) is 13.2. The summed E-state index contributed by atoms with van der Waals surface area (Å²) in [6.45, 7) is 4.72. The smallest absolute Gasteiger partial charge is 0.231 e. The molecule has 0 bridgehead atoms.